The van der Waals surface area contributed by atoms with Gasteiger partial charge in [0, 0.05) is 15.4 Å². The van der Waals surface area contributed by atoms with E-state index >= 15 is 0 Å². The first-order valence-corrected chi connectivity index (χ1v) is 10.5. The molecule has 2 aromatic carbocycles. The molecule has 1 N–H and O–H groups in total. The van der Waals surface area contributed by atoms with Crippen LogP contribution in [0.5, 0.6) is 17.2 Å². The van der Waals surface area contributed by atoms with Crippen molar-refractivity contribution >= 4 is 54.2 Å². The predicted octanol–water partition coefficient (Wildman–Crippen LogP) is 5.61. The number of amides is 1. The van der Waals surface area contributed by atoms with Gasteiger partial charge in [0.2, 0.25) is 0 Å². The number of hydrogen-bond acceptors (Lipinski definition) is 6. The molecule has 3 aromatic rings. The summed E-state index contributed by atoms with van der Waals surface area (Å²) in [5, 5.41) is 5.17. The van der Waals surface area contributed by atoms with E-state index in [0.29, 0.717) is 32.4 Å². The first-order chi connectivity index (χ1) is 13.5. The zero-order valence-electron chi connectivity index (χ0n) is 15.2. The Morgan fingerprint density at radius 2 is 1.79 bits per heavy atom. The Hall–Kier alpha value is -2.10. The number of halogens is 2. The van der Waals surface area contributed by atoms with Gasteiger partial charge in [0.15, 0.2) is 16.6 Å². The summed E-state index contributed by atoms with van der Waals surface area (Å²) in [5.41, 5.74) is 1.98. The van der Waals surface area contributed by atoms with E-state index < -0.39 is 0 Å². The molecule has 0 aliphatic carbocycles. The van der Waals surface area contributed by atoms with Crippen molar-refractivity contribution in [3.8, 4) is 28.5 Å². The molecule has 9 heteroatoms. The minimum Gasteiger partial charge on any atom is -0.495 e. The monoisotopic (exact) mass is 526 g/mol. The van der Waals surface area contributed by atoms with Crippen molar-refractivity contribution in [3.63, 3.8) is 0 Å². The van der Waals surface area contributed by atoms with Crippen LogP contribution in [0, 0.1) is 0 Å². The van der Waals surface area contributed by atoms with Gasteiger partial charge in [0.1, 0.15) is 5.75 Å². The SMILES string of the molecule is COc1ccc(-c2csc(NC(=O)c3cc(Br)cc(Br)c3OC)n2)cc1OC. The highest BCUT2D eigenvalue weighted by atomic mass is 79.9. The molecule has 3 rings (SSSR count). The van der Waals surface area contributed by atoms with Crippen molar-refractivity contribution in [1.82, 2.24) is 4.98 Å². The normalized spacial score (nSPS) is 10.5. The number of carbonyl (C=O) groups excluding carboxylic acids is 1. The highest BCUT2D eigenvalue weighted by Gasteiger charge is 2.18. The molecule has 0 radical (unpaired) electrons. The van der Waals surface area contributed by atoms with Gasteiger partial charge in [-0.1, -0.05) is 15.9 Å². The van der Waals surface area contributed by atoms with Gasteiger partial charge in [-0.3, -0.25) is 10.1 Å². The summed E-state index contributed by atoms with van der Waals surface area (Å²) in [6.07, 6.45) is 0. The number of thiazole rings is 1. The van der Waals surface area contributed by atoms with Crippen LogP contribution in [-0.2, 0) is 0 Å². The van der Waals surface area contributed by atoms with Crippen molar-refractivity contribution in [1.29, 1.82) is 0 Å². The molecule has 0 aliphatic heterocycles. The van der Waals surface area contributed by atoms with Crippen LogP contribution in [0.2, 0.25) is 0 Å². The van der Waals surface area contributed by atoms with Gasteiger partial charge < -0.3 is 14.2 Å². The average molecular weight is 528 g/mol. The Labute approximate surface area is 183 Å². The number of nitrogens with one attached hydrogen (secondary N) is 1. The molecule has 0 spiro atoms. The molecular formula is C19H16Br2N2O4S. The van der Waals surface area contributed by atoms with E-state index in [0.717, 1.165) is 15.7 Å². The quantitative estimate of drug-likeness (QED) is 0.451. The average Bonchev–Trinajstić information content (AvgIpc) is 3.15. The molecule has 1 amide bonds. The van der Waals surface area contributed by atoms with Crippen molar-refractivity contribution in [2.45, 2.75) is 0 Å². The molecule has 1 aromatic heterocycles. The highest BCUT2D eigenvalue weighted by molar-refractivity contribution is 9.11. The molecular weight excluding hydrogens is 512 g/mol. The molecule has 0 atom stereocenters. The van der Waals surface area contributed by atoms with E-state index in [4.69, 9.17) is 14.2 Å². The smallest absolute Gasteiger partial charge is 0.261 e. The Morgan fingerprint density at radius 3 is 2.46 bits per heavy atom. The lowest BCUT2D eigenvalue weighted by atomic mass is 10.1. The first kappa shape index (κ1) is 20.6. The summed E-state index contributed by atoms with van der Waals surface area (Å²) in [4.78, 5) is 17.2. The van der Waals surface area contributed by atoms with Crippen LogP contribution in [0.25, 0.3) is 11.3 Å². The second-order valence-electron chi connectivity index (χ2n) is 5.53. The van der Waals surface area contributed by atoms with E-state index in [1.165, 1.54) is 18.4 Å². The largest absolute Gasteiger partial charge is 0.495 e. The molecule has 0 saturated heterocycles. The van der Waals surface area contributed by atoms with Crippen LogP contribution < -0.4 is 19.5 Å². The maximum Gasteiger partial charge on any atom is 0.261 e. The lowest BCUT2D eigenvalue weighted by Crippen LogP contribution is -2.13. The summed E-state index contributed by atoms with van der Waals surface area (Å²) in [5.74, 6) is 1.40. The van der Waals surface area contributed by atoms with E-state index in [-0.39, 0.29) is 5.91 Å². The van der Waals surface area contributed by atoms with Gasteiger partial charge in [-0.2, -0.15) is 0 Å². The molecule has 1 heterocycles. The van der Waals surface area contributed by atoms with Crippen LogP contribution in [-0.4, -0.2) is 32.2 Å². The third-order valence-corrected chi connectivity index (χ3v) is 5.67. The number of ether oxygens (including phenoxy) is 3. The summed E-state index contributed by atoms with van der Waals surface area (Å²) in [6.45, 7) is 0. The zero-order valence-corrected chi connectivity index (χ0v) is 19.2. The maximum absolute atomic E-state index is 12.7. The molecule has 0 saturated carbocycles. The van der Waals surface area contributed by atoms with Crippen molar-refractivity contribution < 1.29 is 19.0 Å². The van der Waals surface area contributed by atoms with Crippen LogP contribution in [0.3, 0.4) is 0 Å². The minimum absolute atomic E-state index is 0.313. The van der Waals surface area contributed by atoms with Gasteiger partial charge in [0.25, 0.3) is 5.91 Å². The Bertz CT molecular complexity index is 1020. The predicted molar refractivity (Wildman–Crippen MR) is 117 cm³/mol. The molecule has 0 fully saturated rings. The Kier molecular flexibility index (Phi) is 6.58. The molecule has 6 nitrogen and oxygen atoms in total. The topological polar surface area (TPSA) is 69.7 Å². The lowest BCUT2D eigenvalue weighted by molar-refractivity contribution is 0.102. The summed E-state index contributed by atoms with van der Waals surface area (Å²) < 4.78 is 17.4. The second kappa shape index (κ2) is 8.93. The number of anilines is 1. The number of hydrogen-bond donors (Lipinski definition) is 1. The van der Waals surface area contributed by atoms with Crippen LogP contribution in [0.4, 0.5) is 5.13 Å². The minimum atomic E-state index is -0.313. The fourth-order valence-corrected chi connectivity index (χ4v) is 4.66. The first-order valence-electron chi connectivity index (χ1n) is 7.99. The van der Waals surface area contributed by atoms with Crippen molar-refractivity contribution in [2.24, 2.45) is 0 Å². The van der Waals surface area contributed by atoms with E-state index in [9.17, 15) is 4.79 Å². The third-order valence-electron chi connectivity index (χ3n) is 3.86. The number of carbonyl (C=O) groups is 1. The van der Waals surface area contributed by atoms with Crippen LogP contribution in [0.15, 0.2) is 44.7 Å². The molecule has 0 bridgehead atoms. The van der Waals surface area contributed by atoms with Gasteiger partial charge in [-0.05, 0) is 46.3 Å². The maximum atomic E-state index is 12.7. The number of nitrogens with zero attached hydrogens (tertiary/aromatic N) is 1. The summed E-state index contributed by atoms with van der Waals surface area (Å²) in [7, 11) is 4.68. The van der Waals surface area contributed by atoms with Gasteiger partial charge in [-0.15, -0.1) is 11.3 Å². The highest BCUT2D eigenvalue weighted by Crippen LogP contribution is 2.35. The molecule has 0 unspecified atom stereocenters. The lowest BCUT2D eigenvalue weighted by Gasteiger charge is -2.10. The van der Waals surface area contributed by atoms with Gasteiger partial charge in [-0.25, -0.2) is 4.98 Å². The van der Waals surface area contributed by atoms with E-state index in [1.54, 1.807) is 20.3 Å². The number of benzene rings is 2. The summed E-state index contributed by atoms with van der Waals surface area (Å²) in [6, 6.07) is 9.05. The summed E-state index contributed by atoms with van der Waals surface area (Å²) >= 11 is 8.12. The zero-order chi connectivity index (χ0) is 20.3. The molecule has 28 heavy (non-hydrogen) atoms. The van der Waals surface area contributed by atoms with Crippen molar-refractivity contribution in [2.75, 3.05) is 26.6 Å². The van der Waals surface area contributed by atoms with Crippen LogP contribution in [0.1, 0.15) is 10.4 Å². The molecule has 0 aliphatic rings. The Balaban J connectivity index is 1.85. The van der Waals surface area contributed by atoms with Gasteiger partial charge >= 0.3 is 0 Å². The fourth-order valence-electron chi connectivity index (χ4n) is 2.56. The molecule has 146 valence electrons. The van der Waals surface area contributed by atoms with Crippen LogP contribution >= 0.6 is 43.2 Å². The van der Waals surface area contributed by atoms with E-state index in [1.807, 2.05) is 29.6 Å². The van der Waals surface area contributed by atoms with E-state index in [2.05, 4.69) is 42.2 Å². The third kappa shape index (κ3) is 4.31. The van der Waals surface area contributed by atoms with Gasteiger partial charge in [0.05, 0.1) is 37.1 Å². The number of aromatic nitrogens is 1. The van der Waals surface area contributed by atoms with Crippen molar-refractivity contribution in [3.05, 3.63) is 50.2 Å². The standard InChI is InChI=1S/C19H16Br2N2O4S/c1-25-15-5-4-10(6-16(15)26-2)14-9-28-19(22-14)23-18(24)12-7-11(20)8-13(21)17(12)27-3/h4-9H,1-3H3,(H,22,23,24). The second-order valence-corrected chi connectivity index (χ2v) is 8.16. The fraction of sp³-hybridized carbons (Fsp3) is 0.158. The number of methoxy groups -OCH3 is 3. The number of rotatable bonds is 6. The Morgan fingerprint density at radius 1 is 1.04 bits per heavy atom.